The Morgan fingerprint density at radius 1 is 1.14 bits per heavy atom. The molecule has 1 spiro atoms. The zero-order valence-corrected chi connectivity index (χ0v) is 24.5. The number of carboxylic acids is 1. The molecule has 1 atom stereocenters. The second-order valence-electron chi connectivity index (χ2n) is 13.6. The number of alkyl halides is 2. The summed E-state index contributed by atoms with van der Waals surface area (Å²) in [7, 11) is 0. The van der Waals surface area contributed by atoms with E-state index >= 15 is 0 Å². The lowest BCUT2D eigenvalue weighted by molar-refractivity contribution is -0.150. The van der Waals surface area contributed by atoms with Crippen LogP contribution in [0.3, 0.4) is 0 Å². The average molecular weight is 598 g/mol. The monoisotopic (exact) mass is 597 g/mol. The summed E-state index contributed by atoms with van der Waals surface area (Å²) < 4.78 is 47.0. The smallest absolute Gasteiger partial charge is 0.309 e. The topological polar surface area (TPSA) is 74.6 Å². The fraction of sp³-hybridized carbons (Fsp3) is 0.576. The number of hydrogen-bond donors (Lipinski definition) is 1. The summed E-state index contributed by atoms with van der Waals surface area (Å²) >= 11 is 0. The van der Waals surface area contributed by atoms with E-state index < -0.39 is 23.2 Å². The van der Waals surface area contributed by atoms with Gasteiger partial charge in [-0.1, -0.05) is 23.4 Å². The molecule has 1 unspecified atom stereocenters. The molecule has 7 nitrogen and oxygen atoms in total. The molecule has 0 bridgehead atoms. The Morgan fingerprint density at radius 3 is 2.47 bits per heavy atom. The number of ether oxygens (including phenoxy) is 1. The van der Waals surface area contributed by atoms with Crippen molar-refractivity contribution in [2.24, 2.45) is 16.5 Å². The average Bonchev–Trinajstić information content (AvgIpc) is 3.85. The number of rotatable bonds is 9. The first kappa shape index (κ1) is 28.5. The highest BCUT2D eigenvalue weighted by Gasteiger charge is 2.56. The zero-order valence-electron chi connectivity index (χ0n) is 24.5. The van der Waals surface area contributed by atoms with Crippen molar-refractivity contribution in [3.8, 4) is 16.9 Å². The molecule has 3 heterocycles. The van der Waals surface area contributed by atoms with Gasteiger partial charge in [-0.25, -0.2) is 13.2 Å². The van der Waals surface area contributed by atoms with Crippen molar-refractivity contribution in [2.45, 2.75) is 75.9 Å². The maximum Gasteiger partial charge on any atom is 0.309 e. The van der Waals surface area contributed by atoms with Crippen molar-refractivity contribution in [3.05, 3.63) is 53.3 Å². The summed E-state index contributed by atoms with van der Waals surface area (Å²) in [5, 5.41) is 14.0. The molecule has 0 radical (unpaired) electrons. The standard InChI is InChI=1S/C33H38F3N3O4/c1-31(30(40)41)9-11-39(12-10-31)28-17-32(43-37-28)19-38(20-32)18-21-14-26(22-2-3-22)29(23-4-6-25(34)7-5-23)27(15-21)42-13-8-24-16-33(24,35)36/h4-7,14-15,22,24H,2-3,8-13,16-20H2,1H3,(H,40,41). The van der Waals surface area contributed by atoms with Gasteiger partial charge in [-0.15, -0.1) is 0 Å². The Bertz CT molecular complexity index is 1430. The molecule has 2 aromatic rings. The SMILES string of the molecule is CC1(C(=O)O)CCN(C2=NOC3(C2)CN(Cc2cc(OCCC4CC4(F)F)c(-c4ccc(F)cc4)c(C4CC4)c2)C3)CC1. The maximum atomic E-state index is 13.8. The van der Waals surface area contributed by atoms with Gasteiger partial charge in [0.15, 0.2) is 5.60 Å². The molecular weight excluding hydrogens is 559 g/mol. The van der Waals surface area contributed by atoms with Crippen LogP contribution in [-0.2, 0) is 16.2 Å². The minimum Gasteiger partial charge on any atom is -0.493 e. The van der Waals surface area contributed by atoms with Crippen molar-refractivity contribution >= 4 is 11.8 Å². The third kappa shape index (κ3) is 5.70. The lowest BCUT2D eigenvalue weighted by Gasteiger charge is -2.46. The van der Waals surface area contributed by atoms with Crippen molar-refractivity contribution in [3.63, 3.8) is 0 Å². The molecule has 43 heavy (non-hydrogen) atoms. The van der Waals surface area contributed by atoms with Crippen LogP contribution in [0.1, 0.15) is 68.9 Å². The van der Waals surface area contributed by atoms with Gasteiger partial charge in [0.05, 0.1) is 18.4 Å². The van der Waals surface area contributed by atoms with Crippen LogP contribution in [0.2, 0.25) is 0 Å². The number of carboxylic acid groups (broad SMARTS) is 1. The molecule has 7 rings (SSSR count). The van der Waals surface area contributed by atoms with E-state index in [0.717, 1.165) is 48.5 Å². The number of hydrogen-bond acceptors (Lipinski definition) is 6. The summed E-state index contributed by atoms with van der Waals surface area (Å²) in [4.78, 5) is 22.1. The fourth-order valence-corrected chi connectivity index (χ4v) is 6.89. The van der Waals surface area contributed by atoms with E-state index in [2.05, 4.69) is 21.0 Å². The van der Waals surface area contributed by atoms with Crippen molar-refractivity contribution in [2.75, 3.05) is 32.8 Å². The van der Waals surface area contributed by atoms with E-state index in [9.17, 15) is 23.1 Å². The van der Waals surface area contributed by atoms with Gasteiger partial charge in [0, 0.05) is 50.6 Å². The third-order valence-corrected chi connectivity index (χ3v) is 10.0. The minimum absolute atomic E-state index is 0.0712. The van der Waals surface area contributed by atoms with Crippen LogP contribution in [0.4, 0.5) is 13.2 Å². The zero-order chi connectivity index (χ0) is 30.0. The second-order valence-corrected chi connectivity index (χ2v) is 13.6. The number of amidine groups is 1. The van der Waals surface area contributed by atoms with Gasteiger partial charge in [0.1, 0.15) is 17.4 Å². The van der Waals surface area contributed by atoms with E-state index in [4.69, 9.17) is 9.57 Å². The third-order valence-electron chi connectivity index (χ3n) is 10.0. The van der Waals surface area contributed by atoms with Crippen LogP contribution in [0.5, 0.6) is 5.75 Å². The number of likely N-dealkylation sites (tertiary alicyclic amines) is 2. The molecule has 2 aromatic carbocycles. The fourth-order valence-electron chi connectivity index (χ4n) is 6.89. The second kappa shape index (κ2) is 10.4. The van der Waals surface area contributed by atoms with Gasteiger partial charge in [-0.05, 0) is 79.8 Å². The van der Waals surface area contributed by atoms with Crippen molar-refractivity contribution in [1.29, 1.82) is 0 Å². The van der Waals surface area contributed by atoms with E-state index in [-0.39, 0.29) is 24.4 Å². The number of aliphatic carboxylic acids is 1. The Labute approximate surface area is 249 Å². The Kier molecular flexibility index (Phi) is 6.91. The van der Waals surface area contributed by atoms with Crippen LogP contribution < -0.4 is 4.74 Å². The number of carbonyl (C=O) groups is 1. The van der Waals surface area contributed by atoms with Crippen LogP contribution in [0, 0.1) is 17.2 Å². The van der Waals surface area contributed by atoms with Crippen LogP contribution in [-0.4, -0.2) is 71.0 Å². The first-order valence-corrected chi connectivity index (χ1v) is 15.4. The summed E-state index contributed by atoms with van der Waals surface area (Å²) in [6.07, 6.45) is 4.28. The Morgan fingerprint density at radius 2 is 1.84 bits per heavy atom. The molecule has 4 fully saturated rings. The first-order chi connectivity index (χ1) is 20.5. The number of oxime groups is 1. The predicted molar refractivity (Wildman–Crippen MR) is 155 cm³/mol. The molecular formula is C33H38F3N3O4. The molecule has 0 aromatic heterocycles. The number of halogens is 3. The Hall–Kier alpha value is -3.27. The van der Waals surface area contributed by atoms with E-state index in [1.807, 2.05) is 13.0 Å². The highest BCUT2D eigenvalue weighted by atomic mass is 19.3. The van der Waals surface area contributed by atoms with E-state index in [1.165, 1.54) is 17.7 Å². The molecule has 2 aliphatic carbocycles. The first-order valence-electron chi connectivity index (χ1n) is 15.4. The minimum atomic E-state index is -2.57. The number of benzene rings is 2. The normalized spacial score (nSPS) is 25.2. The molecule has 0 amide bonds. The quantitative estimate of drug-likeness (QED) is 0.368. The summed E-state index contributed by atoms with van der Waals surface area (Å²) in [6.45, 7) is 5.51. The molecule has 230 valence electrons. The van der Waals surface area contributed by atoms with Gasteiger partial charge in [0.2, 0.25) is 0 Å². The molecule has 10 heteroatoms. The molecule has 2 saturated heterocycles. The molecule has 1 N–H and O–H groups in total. The Balaban J connectivity index is 1.03. The lowest BCUT2D eigenvalue weighted by Crippen LogP contribution is -2.61. The lowest BCUT2D eigenvalue weighted by atomic mass is 9.80. The van der Waals surface area contributed by atoms with Gasteiger partial charge in [-0.3, -0.25) is 9.69 Å². The molecule has 3 aliphatic heterocycles. The van der Waals surface area contributed by atoms with Gasteiger partial charge in [-0.2, -0.15) is 0 Å². The maximum absolute atomic E-state index is 13.8. The van der Waals surface area contributed by atoms with Crippen molar-refractivity contribution in [1.82, 2.24) is 9.80 Å². The van der Waals surface area contributed by atoms with Crippen LogP contribution in [0.15, 0.2) is 41.6 Å². The number of nitrogens with zero attached hydrogens (tertiary/aromatic N) is 3. The van der Waals surface area contributed by atoms with Crippen LogP contribution >= 0.6 is 0 Å². The van der Waals surface area contributed by atoms with Crippen LogP contribution in [0.25, 0.3) is 11.1 Å². The molecule has 2 saturated carbocycles. The summed E-state index contributed by atoms with van der Waals surface area (Å²) in [6, 6.07) is 10.7. The predicted octanol–water partition coefficient (Wildman–Crippen LogP) is 6.27. The van der Waals surface area contributed by atoms with E-state index in [1.54, 1.807) is 12.1 Å². The number of piperidine rings is 1. The highest BCUT2D eigenvalue weighted by Crippen LogP contribution is 2.51. The van der Waals surface area contributed by atoms with Crippen molar-refractivity contribution < 1.29 is 32.6 Å². The summed E-state index contributed by atoms with van der Waals surface area (Å²) in [5.74, 6) is -2.25. The van der Waals surface area contributed by atoms with Gasteiger partial charge < -0.3 is 19.6 Å². The van der Waals surface area contributed by atoms with E-state index in [0.29, 0.717) is 57.0 Å². The summed E-state index contributed by atoms with van der Waals surface area (Å²) in [5.41, 5.74) is 3.04. The van der Waals surface area contributed by atoms with Gasteiger partial charge >= 0.3 is 5.97 Å². The highest BCUT2D eigenvalue weighted by molar-refractivity contribution is 5.85. The van der Waals surface area contributed by atoms with Gasteiger partial charge in [0.25, 0.3) is 5.92 Å². The molecule has 5 aliphatic rings. The largest absolute Gasteiger partial charge is 0.493 e.